The number of nitrogens with one attached hydrogen (secondary N) is 1. The van der Waals surface area contributed by atoms with Crippen molar-refractivity contribution in [3.63, 3.8) is 0 Å². The van der Waals surface area contributed by atoms with E-state index in [1.165, 1.54) is 16.7 Å². The van der Waals surface area contributed by atoms with Gasteiger partial charge >= 0.3 is 0 Å². The van der Waals surface area contributed by atoms with Gasteiger partial charge in [-0.3, -0.25) is 4.90 Å². The monoisotopic (exact) mass is 260 g/mol. The van der Waals surface area contributed by atoms with Gasteiger partial charge in [0.2, 0.25) is 0 Å². The normalized spacial score (nSPS) is 11.9. The lowest BCUT2D eigenvalue weighted by Gasteiger charge is -2.23. The fraction of sp³-hybridized carbons (Fsp3) is 0.529. The molecule has 0 bridgehead atoms. The zero-order valence-electron chi connectivity index (χ0n) is 13.1. The maximum absolute atomic E-state index is 4.15. The van der Waals surface area contributed by atoms with E-state index in [-0.39, 0.29) is 5.54 Å². The smallest absolute Gasteiger partial charge is 0.0234 e. The third kappa shape index (κ3) is 7.14. The van der Waals surface area contributed by atoms with Crippen LogP contribution in [0.3, 0.4) is 0 Å². The molecule has 0 aliphatic heterocycles. The highest BCUT2D eigenvalue weighted by Gasteiger charge is 2.09. The maximum Gasteiger partial charge on any atom is 0.0234 e. The number of likely N-dealkylation sites (N-methyl/N-ethyl adjacent to an activating group) is 1. The fourth-order valence-corrected chi connectivity index (χ4v) is 1.89. The van der Waals surface area contributed by atoms with Gasteiger partial charge < -0.3 is 5.32 Å². The average Bonchev–Trinajstić information content (AvgIpc) is 2.29. The van der Waals surface area contributed by atoms with Crippen LogP contribution >= 0.6 is 0 Å². The first-order chi connectivity index (χ1) is 8.76. The van der Waals surface area contributed by atoms with Gasteiger partial charge in [-0.15, -0.1) is 0 Å². The highest BCUT2D eigenvalue weighted by atomic mass is 15.1. The van der Waals surface area contributed by atoms with Crippen molar-refractivity contribution in [1.82, 2.24) is 10.2 Å². The zero-order valence-corrected chi connectivity index (χ0v) is 13.1. The summed E-state index contributed by atoms with van der Waals surface area (Å²) in [4.78, 5) is 2.30. The Morgan fingerprint density at radius 2 is 1.79 bits per heavy atom. The number of hydrogen-bond donors (Lipinski definition) is 1. The lowest BCUT2D eigenvalue weighted by atomic mass is 10.1. The van der Waals surface area contributed by atoms with E-state index in [0.717, 1.165) is 19.6 Å². The summed E-state index contributed by atoms with van der Waals surface area (Å²) in [5, 5.41) is 3.47. The third-order valence-corrected chi connectivity index (χ3v) is 2.94. The van der Waals surface area contributed by atoms with Crippen LogP contribution in [0.5, 0.6) is 0 Å². The van der Waals surface area contributed by atoms with Gasteiger partial charge in [-0.25, -0.2) is 0 Å². The first-order valence-corrected chi connectivity index (χ1v) is 6.92. The molecule has 0 radical (unpaired) electrons. The number of hydrogen-bond acceptors (Lipinski definition) is 2. The first kappa shape index (κ1) is 15.9. The molecule has 106 valence electrons. The van der Waals surface area contributed by atoms with Crippen molar-refractivity contribution in [2.24, 2.45) is 0 Å². The van der Waals surface area contributed by atoms with Gasteiger partial charge in [0, 0.05) is 25.2 Å². The molecule has 0 saturated carbocycles. The van der Waals surface area contributed by atoms with Crippen molar-refractivity contribution in [2.45, 2.75) is 39.8 Å². The SMILES string of the molecule is C=C(CNC(C)(C)C)CN(C)Cc1ccc(C)cc1. The van der Waals surface area contributed by atoms with Gasteiger partial charge in [-0.05, 0) is 45.9 Å². The van der Waals surface area contributed by atoms with E-state index in [2.05, 4.69) is 75.8 Å². The Morgan fingerprint density at radius 1 is 1.21 bits per heavy atom. The molecule has 0 aliphatic carbocycles. The van der Waals surface area contributed by atoms with Crippen LogP contribution in [0.1, 0.15) is 31.9 Å². The van der Waals surface area contributed by atoms with Gasteiger partial charge in [0.05, 0.1) is 0 Å². The molecule has 0 spiro atoms. The molecule has 1 aromatic carbocycles. The molecule has 0 saturated heterocycles. The Balaban J connectivity index is 2.36. The van der Waals surface area contributed by atoms with E-state index in [1.807, 2.05) is 0 Å². The van der Waals surface area contributed by atoms with Gasteiger partial charge in [-0.1, -0.05) is 36.4 Å². The molecule has 1 N–H and O–H groups in total. The summed E-state index contributed by atoms with van der Waals surface area (Å²) in [5.41, 5.74) is 4.04. The van der Waals surface area contributed by atoms with Crippen LogP contribution in [0, 0.1) is 6.92 Å². The molecular weight excluding hydrogens is 232 g/mol. The molecule has 1 aromatic rings. The van der Waals surface area contributed by atoms with E-state index in [9.17, 15) is 0 Å². The molecule has 0 atom stereocenters. The first-order valence-electron chi connectivity index (χ1n) is 6.92. The molecule has 0 fully saturated rings. The summed E-state index contributed by atoms with van der Waals surface area (Å²) < 4.78 is 0. The van der Waals surface area contributed by atoms with Crippen molar-refractivity contribution < 1.29 is 0 Å². The standard InChI is InChI=1S/C17H28N2/c1-14-7-9-16(10-8-14)13-19(6)12-15(2)11-18-17(3,4)5/h7-10,18H,2,11-13H2,1,3-6H3. The van der Waals surface area contributed by atoms with Crippen molar-refractivity contribution in [1.29, 1.82) is 0 Å². The molecule has 0 aliphatic rings. The van der Waals surface area contributed by atoms with E-state index >= 15 is 0 Å². The van der Waals surface area contributed by atoms with Gasteiger partial charge in [-0.2, -0.15) is 0 Å². The summed E-state index contributed by atoms with van der Waals surface area (Å²) in [6.07, 6.45) is 0. The Labute approximate surface area is 118 Å². The Morgan fingerprint density at radius 3 is 2.32 bits per heavy atom. The maximum atomic E-state index is 4.15. The van der Waals surface area contributed by atoms with E-state index in [1.54, 1.807) is 0 Å². The van der Waals surface area contributed by atoms with Gasteiger partial charge in [0.1, 0.15) is 0 Å². The van der Waals surface area contributed by atoms with Crippen molar-refractivity contribution in [2.75, 3.05) is 20.1 Å². The minimum absolute atomic E-state index is 0.151. The van der Waals surface area contributed by atoms with Crippen LogP contribution in [-0.4, -0.2) is 30.6 Å². The zero-order chi connectivity index (χ0) is 14.5. The summed E-state index contributed by atoms with van der Waals surface area (Å²) in [6.45, 7) is 15.6. The average molecular weight is 260 g/mol. The van der Waals surface area contributed by atoms with Crippen LogP contribution in [0.2, 0.25) is 0 Å². The predicted octanol–water partition coefficient (Wildman–Crippen LogP) is 3.37. The Kier molecular flexibility index (Phi) is 5.77. The van der Waals surface area contributed by atoms with E-state index in [0.29, 0.717) is 0 Å². The van der Waals surface area contributed by atoms with Crippen molar-refractivity contribution in [3.05, 3.63) is 47.5 Å². The lowest BCUT2D eigenvalue weighted by Crippen LogP contribution is -2.38. The molecule has 0 aromatic heterocycles. The van der Waals surface area contributed by atoms with E-state index in [4.69, 9.17) is 0 Å². The number of rotatable bonds is 6. The summed E-state index contributed by atoms with van der Waals surface area (Å²) >= 11 is 0. The summed E-state index contributed by atoms with van der Waals surface area (Å²) in [6, 6.07) is 8.72. The lowest BCUT2D eigenvalue weighted by molar-refractivity contribution is 0.346. The molecule has 0 unspecified atom stereocenters. The second-order valence-corrected chi connectivity index (χ2v) is 6.51. The molecular formula is C17H28N2. The van der Waals surface area contributed by atoms with Crippen molar-refractivity contribution >= 4 is 0 Å². The molecule has 2 nitrogen and oxygen atoms in total. The highest BCUT2D eigenvalue weighted by Crippen LogP contribution is 2.07. The third-order valence-electron chi connectivity index (χ3n) is 2.94. The predicted molar refractivity (Wildman–Crippen MR) is 84.4 cm³/mol. The Hall–Kier alpha value is -1.12. The summed E-state index contributed by atoms with van der Waals surface area (Å²) in [5.74, 6) is 0. The van der Waals surface area contributed by atoms with Crippen LogP contribution in [-0.2, 0) is 6.54 Å². The quantitative estimate of drug-likeness (QED) is 0.789. The van der Waals surface area contributed by atoms with Gasteiger partial charge in [0.25, 0.3) is 0 Å². The fourth-order valence-electron chi connectivity index (χ4n) is 1.89. The number of aryl methyl sites for hydroxylation is 1. The molecule has 0 heterocycles. The highest BCUT2D eigenvalue weighted by molar-refractivity contribution is 5.21. The van der Waals surface area contributed by atoms with Crippen LogP contribution in [0.25, 0.3) is 0 Å². The molecule has 0 amide bonds. The summed E-state index contributed by atoms with van der Waals surface area (Å²) in [7, 11) is 2.14. The second kappa shape index (κ2) is 6.88. The molecule has 19 heavy (non-hydrogen) atoms. The van der Waals surface area contributed by atoms with Crippen molar-refractivity contribution in [3.8, 4) is 0 Å². The second-order valence-electron chi connectivity index (χ2n) is 6.51. The van der Waals surface area contributed by atoms with Crippen LogP contribution in [0.15, 0.2) is 36.4 Å². The molecule has 1 rings (SSSR count). The number of benzene rings is 1. The van der Waals surface area contributed by atoms with Crippen LogP contribution in [0.4, 0.5) is 0 Å². The van der Waals surface area contributed by atoms with Gasteiger partial charge in [0.15, 0.2) is 0 Å². The number of nitrogens with zero attached hydrogens (tertiary/aromatic N) is 1. The van der Waals surface area contributed by atoms with E-state index < -0.39 is 0 Å². The topological polar surface area (TPSA) is 15.3 Å². The largest absolute Gasteiger partial charge is 0.308 e. The minimum Gasteiger partial charge on any atom is -0.308 e. The van der Waals surface area contributed by atoms with Crippen LogP contribution < -0.4 is 5.32 Å². The minimum atomic E-state index is 0.151. The molecule has 2 heteroatoms. The Bertz CT molecular complexity index is 398.